The summed E-state index contributed by atoms with van der Waals surface area (Å²) in [6.45, 7) is 4.26. The molecule has 1 aromatic carbocycles. The van der Waals surface area contributed by atoms with Gasteiger partial charge in [-0.05, 0) is 48.4 Å². The van der Waals surface area contributed by atoms with Crippen molar-refractivity contribution in [3.8, 4) is 22.5 Å². The van der Waals surface area contributed by atoms with Gasteiger partial charge in [-0.3, -0.25) is 10.1 Å². The fourth-order valence-corrected chi connectivity index (χ4v) is 4.45. The van der Waals surface area contributed by atoms with Crippen LogP contribution in [0.1, 0.15) is 6.92 Å². The number of anilines is 1. The molecule has 164 valence electrons. The van der Waals surface area contributed by atoms with Crippen molar-refractivity contribution in [2.75, 3.05) is 30.9 Å². The molecule has 0 bridgehead atoms. The van der Waals surface area contributed by atoms with Crippen LogP contribution in [0.2, 0.25) is 0 Å². The summed E-state index contributed by atoms with van der Waals surface area (Å²) in [7, 11) is -1.24. The molecule has 3 aromatic heterocycles. The van der Waals surface area contributed by atoms with Crippen molar-refractivity contribution in [3.05, 3.63) is 54.9 Å². The van der Waals surface area contributed by atoms with E-state index in [4.69, 9.17) is 9.72 Å². The molecular formula is C23H23N6O2S-. The number of pyridine rings is 2. The van der Waals surface area contributed by atoms with Gasteiger partial charge < -0.3 is 18.2 Å². The number of fused-ring (bicyclic) bond motifs is 1. The predicted molar refractivity (Wildman–Crippen MR) is 126 cm³/mol. The summed E-state index contributed by atoms with van der Waals surface area (Å²) in [5, 5.41) is 8.10. The monoisotopic (exact) mass is 447 g/mol. The lowest BCUT2D eigenvalue weighted by molar-refractivity contribution is 0.0986. The normalized spacial score (nSPS) is 17.7. The minimum Gasteiger partial charge on any atom is -0.444 e. The molecule has 0 unspecified atom stereocenters. The smallest absolute Gasteiger partial charge is 0.130 e. The van der Waals surface area contributed by atoms with Crippen LogP contribution < -0.4 is 4.90 Å². The van der Waals surface area contributed by atoms with Crippen LogP contribution in [0.25, 0.3) is 33.4 Å². The molecule has 0 amide bonds. The molecule has 5 rings (SSSR count). The maximum absolute atomic E-state index is 11.4. The third kappa shape index (κ3) is 3.96. The van der Waals surface area contributed by atoms with Crippen molar-refractivity contribution in [1.82, 2.24) is 20.2 Å². The van der Waals surface area contributed by atoms with Gasteiger partial charge in [0.15, 0.2) is 0 Å². The zero-order chi connectivity index (χ0) is 22.1. The lowest BCUT2D eigenvalue weighted by Gasteiger charge is -2.34. The second-order valence-electron chi connectivity index (χ2n) is 7.73. The molecule has 1 aliphatic heterocycles. The second kappa shape index (κ2) is 8.68. The van der Waals surface area contributed by atoms with E-state index in [9.17, 15) is 4.21 Å². The van der Waals surface area contributed by atoms with Gasteiger partial charge in [-0.25, -0.2) is 4.98 Å². The number of H-pyrrole nitrogens is 1. The zero-order valence-corrected chi connectivity index (χ0v) is 18.7. The zero-order valence-electron chi connectivity index (χ0n) is 17.9. The van der Waals surface area contributed by atoms with Gasteiger partial charge in [0.2, 0.25) is 0 Å². The second-order valence-corrected chi connectivity index (χ2v) is 8.76. The summed E-state index contributed by atoms with van der Waals surface area (Å²) >= 11 is 0. The molecule has 0 saturated carbocycles. The number of morpholine rings is 1. The van der Waals surface area contributed by atoms with E-state index in [1.807, 2.05) is 36.4 Å². The number of aromatic nitrogens is 4. The highest BCUT2D eigenvalue weighted by Crippen LogP contribution is 2.36. The highest BCUT2D eigenvalue weighted by atomic mass is 32.2. The standard InChI is InChI=1S/C23H23N6O2S/c1-15-14-31-12-11-29(15)21-13-19(16-3-5-17(6-4-16)28-32(2)30)18-7-9-24-23(22(18)26-21)20-8-10-25-27-20/h3-10,13,15H,11-12,14H2,1-2H3,(H,25,27)/q-1/t15-/m1/s1. The number of rotatable bonds is 4. The molecule has 0 spiro atoms. The van der Waals surface area contributed by atoms with Crippen LogP contribution >= 0.6 is 0 Å². The lowest BCUT2D eigenvalue weighted by atomic mass is 9.99. The van der Waals surface area contributed by atoms with Gasteiger partial charge in [0, 0.05) is 30.0 Å². The average Bonchev–Trinajstić information content (AvgIpc) is 3.33. The number of ether oxygens (including phenoxy) is 1. The van der Waals surface area contributed by atoms with Crippen LogP contribution in [0.3, 0.4) is 0 Å². The largest absolute Gasteiger partial charge is 0.444 e. The van der Waals surface area contributed by atoms with Gasteiger partial charge in [-0.1, -0.05) is 12.1 Å². The Morgan fingerprint density at radius 2 is 2.03 bits per heavy atom. The average molecular weight is 448 g/mol. The summed E-state index contributed by atoms with van der Waals surface area (Å²) in [4.78, 5) is 11.9. The molecule has 1 saturated heterocycles. The molecule has 8 nitrogen and oxygen atoms in total. The number of aromatic amines is 1. The van der Waals surface area contributed by atoms with Gasteiger partial charge in [0.1, 0.15) is 17.0 Å². The molecule has 4 aromatic rings. The van der Waals surface area contributed by atoms with Gasteiger partial charge in [-0.2, -0.15) is 15.7 Å². The van der Waals surface area contributed by atoms with Gasteiger partial charge in [-0.15, -0.1) is 6.26 Å². The number of benzene rings is 1. The summed E-state index contributed by atoms with van der Waals surface area (Å²) in [5.74, 6) is 0.889. The Morgan fingerprint density at radius 3 is 2.75 bits per heavy atom. The van der Waals surface area contributed by atoms with E-state index in [1.165, 1.54) is 0 Å². The Kier molecular flexibility index (Phi) is 5.59. The highest BCUT2D eigenvalue weighted by molar-refractivity contribution is 7.74. The van der Waals surface area contributed by atoms with Crippen molar-refractivity contribution >= 4 is 33.0 Å². The summed E-state index contributed by atoms with van der Waals surface area (Å²) in [6, 6.07) is 14.0. The molecule has 9 heteroatoms. The van der Waals surface area contributed by atoms with E-state index in [2.05, 4.69) is 37.4 Å². The Bertz CT molecular complexity index is 1330. The van der Waals surface area contributed by atoms with Crippen LogP contribution in [0.4, 0.5) is 11.5 Å². The Hall–Kier alpha value is -3.30. The SMILES string of the molecule is C[C@@H]1COCCN1c1cc(-c2ccc(N=[S-](C)=O)cc2)c2ccnc(-c3ccn[nH]3)c2n1. The fourth-order valence-electron chi connectivity index (χ4n) is 4.03. The van der Waals surface area contributed by atoms with Gasteiger partial charge in [0.25, 0.3) is 0 Å². The molecule has 1 fully saturated rings. The first-order valence-corrected chi connectivity index (χ1v) is 11.9. The minimum atomic E-state index is -1.24. The summed E-state index contributed by atoms with van der Waals surface area (Å²) < 4.78 is 21.2. The van der Waals surface area contributed by atoms with Crippen LogP contribution in [0, 0.1) is 0 Å². The van der Waals surface area contributed by atoms with Crippen LogP contribution in [0.15, 0.2) is 59.2 Å². The van der Waals surface area contributed by atoms with E-state index in [-0.39, 0.29) is 6.04 Å². The minimum absolute atomic E-state index is 0.217. The van der Waals surface area contributed by atoms with E-state index in [0.717, 1.165) is 45.8 Å². The summed E-state index contributed by atoms with van der Waals surface area (Å²) in [5.41, 5.74) is 5.16. The van der Waals surface area contributed by atoms with Crippen molar-refractivity contribution in [2.45, 2.75) is 13.0 Å². The number of nitrogens with zero attached hydrogens (tertiary/aromatic N) is 5. The van der Waals surface area contributed by atoms with Crippen molar-refractivity contribution in [3.63, 3.8) is 0 Å². The molecule has 0 radical (unpaired) electrons. The molecule has 4 heterocycles. The Balaban J connectivity index is 1.73. The first-order chi connectivity index (χ1) is 15.6. The van der Waals surface area contributed by atoms with E-state index in [0.29, 0.717) is 18.9 Å². The van der Waals surface area contributed by atoms with Crippen LogP contribution in [-0.2, 0) is 19.5 Å². The van der Waals surface area contributed by atoms with Crippen molar-refractivity contribution < 1.29 is 8.95 Å². The molecule has 1 N–H and O–H groups in total. The molecule has 1 atom stereocenters. The molecule has 0 aliphatic carbocycles. The van der Waals surface area contributed by atoms with Crippen LogP contribution in [0.5, 0.6) is 0 Å². The molecule has 32 heavy (non-hydrogen) atoms. The summed E-state index contributed by atoms with van der Waals surface area (Å²) in [6.07, 6.45) is 5.07. The third-order valence-electron chi connectivity index (χ3n) is 5.54. The van der Waals surface area contributed by atoms with E-state index in [1.54, 1.807) is 18.6 Å². The first kappa shape index (κ1) is 20.6. The van der Waals surface area contributed by atoms with Crippen molar-refractivity contribution in [2.24, 2.45) is 4.36 Å². The topological polar surface area (TPSA) is 96.4 Å². The predicted octanol–water partition coefficient (Wildman–Crippen LogP) is 4.32. The first-order valence-electron chi connectivity index (χ1n) is 10.4. The maximum atomic E-state index is 11.4. The maximum Gasteiger partial charge on any atom is 0.130 e. The number of hydrogen-bond donors (Lipinski definition) is 1. The Labute approximate surface area is 187 Å². The van der Waals surface area contributed by atoms with Crippen molar-refractivity contribution in [1.29, 1.82) is 0 Å². The quantitative estimate of drug-likeness (QED) is 0.468. The van der Waals surface area contributed by atoms with Crippen LogP contribution in [-0.4, -0.2) is 52.2 Å². The third-order valence-corrected chi connectivity index (χ3v) is 6.01. The fraction of sp³-hybridized carbons (Fsp3) is 0.261. The van der Waals surface area contributed by atoms with E-state index >= 15 is 0 Å². The number of nitrogens with one attached hydrogen (secondary N) is 1. The van der Waals surface area contributed by atoms with Gasteiger partial charge in [0.05, 0.1) is 24.9 Å². The van der Waals surface area contributed by atoms with E-state index < -0.39 is 10.6 Å². The Morgan fingerprint density at radius 1 is 1.19 bits per heavy atom. The lowest BCUT2D eigenvalue weighted by Crippen LogP contribution is -2.44. The highest BCUT2D eigenvalue weighted by Gasteiger charge is 2.23. The molecule has 1 aliphatic rings. The molecular weight excluding hydrogens is 424 g/mol. The number of hydrogen-bond acceptors (Lipinski definition) is 8. The van der Waals surface area contributed by atoms with Gasteiger partial charge >= 0.3 is 0 Å².